The lowest BCUT2D eigenvalue weighted by atomic mass is 9.42. The van der Waals surface area contributed by atoms with Gasteiger partial charge in [0.15, 0.2) is 12.6 Å². The SMILES string of the molecule is CC1=C(C)C(=O)O[C@@H]([C@H](C)[C@@H]2[C@H](O)C[C@@H]3[C@H]4[C@@H]5O[C@@H]5[C@@]5(O)C[C@@H](O[C@H]6O[C@@H](CO)[C@H](O[C@@H]7O[C@H](C)[C@@H](O)[C@H](O)[C@@H]7O)[C@@H](O)[C@@H]6O)C[C@@H](O)[C@@]5(C)[C@@H]4CC[C@@]23C)C1. The van der Waals surface area contributed by atoms with Gasteiger partial charge in [-0.2, -0.15) is 0 Å². The number of hydrogen-bond donors (Lipinski definition) is 9. The molecular formula is C40H62O16. The Labute approximate surface area is 326 Å². The summed E-state index contributed by atoms with van der Waals surface area (Å²) in [5, 5.41) is 99.8. The molecule has 4 heterocycles. The van der Waals surface area contributed by atoms with Gasteiger partial charge in [0, 0.05) is 30.3 Å². The zero-order valence-electron chi connectivity index (χ0n) is 33.0. The van der Waals surface area contributed by atoms with Crippen LogP contribution in [0.5, 0.6) is 0 Å². The van der Waals surface area contributed by atoms with E-state index in [0.29, 0.717) is 24.8 Å². The maximum atomic E-state index is 12.7. The zero-order valence-corrected chi connectivity index (χ0v) is 33.0. The van der Waals surface area contributed by atoms with Crippen molar-refractivity contribution in [3.05, 3.63) is 11.1 Å². The predicted molar refractivity (Wildman–Crippen MR) is 191 cm³/mol. The maximum absolute atomic E-state index is 12.7. The van der Waals surface area contributed by atoms with Gasteiger partial charge in [0.1, 0.15) is 60.5 Å². The fraction of sp³-hybridized carbons (Fsp3) is 0.925. The Hall–Kier alpha value is -1.35. The van der Waals surface area contributed by atoms with Gasteiger partial charge in [-0.05, 0) is 75.0 Å². The fourth-order valence-corrected chi connectivity index (χ4v) is 12.9. The van der Waals surface area contributed by atoms with E-state index in [4.69, 9.17) is 28.4 Å². The van der Waals surface area contributed by atoms with E-state index in [2.05, 4.69) is 13.8 Å². The molecule has 0 aromatic rings. The van der Waals surface area contributed by atoms with Crippen LogP contribution in [0.3, 0.4) is 0 Å². The van der Waals surface area contributed by atoms with E-state index in [1.807, 2.05) is 13.8 Å². The van der Waals surface area contributed by atoms with Crippen molar-refractivity contribution in [3.8, 4) is 0 Å². The number of rotatable bonds is 7. The van der Waals surface area contributed by atoms with Crippen LogP contribution in [0.25, 0.3) is 0 Å². The summed E-state index contributed by atoms with van der Waals surface area (Å²) in [4.78, 5) is 12.7. The number of ether oxygens (including phenoxy) is 6. The molecule has 4 aliphatic heterocycles. The van der Waals surface area contributed by atoms with Crippen molar-refractivity contribution in [3.63, 3.8) is 0 Å². The number of aliphatic hydroxyl groups is 9. The molecule has 0 unspecified atom stereocenters. The normalized spacial score (nSPS) is 57.4. The molecule has 9 N–H and O–H groups in total. The van der Waals surface area contributed by atoms with Crippen LogP contribution in [-0.4, -0.2) is 162 Å². The molecule has 16 nitrogen and oxygen atoms in total. The number of cyclic esters (lactones) is 1. The van der Waals surface area contributed by atoms with Gasteiger partial charge >= 0.3 is 5.97 Å². The second-order valence-corrected chi connectivity index (χ2v) is 19.0. The van der Waals surface area contributed by atoms with Crippen molar-refractivity contribution in [2.24, 2.45) is 40.4 Å². The number of hydrogen-bond acceptors (Lipinski definition) is 16. The minimum absolute atomic E-state index is 0.0271. The van der Waals surface area contributed by atoms with Crippen molar-refractivity contribution in [1.82, 2.24) is 0 Å². The first-order chi connectivity index (χ1) is 26.3. The van der Waals surface area contributed by atoms with E-state index < -0.39 is 103 Å². The van der Waals surface area contributed by atoms with Crippen LogP contribution in [-0.2, 0) is 33.2 Å². The monoisotopic (exact) mass is 798 g/mol. The van der Waals surface area contributed by atoms with Crippen molar-refractivity contribution < 1.29 is 79.2 Å². The van der Waals surface area contributed by atoms with Gasteiger partial charge in [0.05, 0.1) is 37.1 Å². The first-order valence-electron chi connectivity index (χ1n) is 20.5. The average Bonchev–Trinajstić information content (AvgIpc) is 3.91. The van der Waals surface area contributed by atoms with Gasteiger partial charge < -0.3 is 74.4 Å². The molecule has 3 saturated heterocycles. The molecule has 8 rings (SSSR count). The lowest BCUT2D eigenvalue weighted by Crippen LogP contribution is -2.71. The maximum Gasteiger partial charge on any atom is 0.333 e. The fourth-order valence-electron chi connectivity index (χ4n) is 12.9. The van der Waals surface area contributed by atoms with Gasteiger partial charge in [-0.1, -0.05) is 26.3 Å². The van der Waals surface area contributed by atoms with Crippen molar-refractivity contribution in [2.45, 2.75) is 184 Å². The van der Waals surface area contributed by atoms with E-state index in [9.17, 15) is 50.8 Å². The summed E-state index contributed by atoms with van der Waals surface area (Å²) in [5.41, 5.74) is -1.16. The summed E-state index contributed by atoms with van der Waals surface area (Å²) < 4.78 is 35.6. The first-order valence-corrected chi connectivity index (χ1v) is 20.5. The third kappa shape index (κ3) is 6.03. The Morgan fingerprint density at radius 1 is 0.875 bits per heavy atom. The molecule has 7 fully saturated rings. The van der Waals surface area contributed by atoms with E-state index in [0.717, 1.165) is 12.0 Å². The highest BCUT2D eigenvalue weighted by Crippen LogP contribution is 2.73. The van der Waals surface area contributed by atoms with E-state index >= 15 is 0 Å². The smallest absolute Gasteiger partial charge is 0.333 e. The lowest BCUT2D eigenvalue weighted by molar-refractivity contribution is -0.365. The minimum Gasteiger partial charge on any atom is -0.458 e. The topological polar surface area (TPSA) is 258 Å². The highest BCUT2D eigenvalue weighted by molar-refractivity contribution is 5.89. The summed E-state index contributed by atoms with van der Waals surface area (Å²) in [7, 11) is 0. The molecule has 4 saturated carbocycles. The molecule has 8 aliphatic rings. The summed E-state index contributed by atoms with van der Waals surface area (Å²) in [6.45, 7) is 10.8. The van der Waals surface area contributed by atoms with Crippen molar-refractivity contribution in [2.75, 3.05) is 6.61 Å². The number of esters is 1. The summed E-state index contributed by atoms with van der Waals surface area (Å²) in [5.74, 6) is -0.627. The molecule has 56 heavy (non-hydrogen) atoms. The van der Waals surface area contributed by atoms with Gasteiger partial charge in [-0.15, -0.1) is 0 Å². The molecule has 16 heteroatoms. The van der Waals surface area contributed by atoms with Gasteiger partial charge in [0.2, 0.25) is 0 Å². The van der Waals surface area contributed by atoms with Gasteiger partial charge in [0.25, 0.3) is 0 Å². The van der Waals surface area contributed by atoms with Crippen molar-refractivity contribution in [1.29, 1.82) is 0 Å². The van der Waals surface area contributed by atoms with E-state index in [1.165, 1.54) is 6.92 Å². The molecule has 0 aromatic carbocycles. The van der Waals surface area contributed by atoms with Crippen LogP contribution in [0.15, 0.2) is 11.1 Å². The van der Waals surface area contributed by atoms with E-state index in [-0.39, 0.29) is 66.0 Å². The van der Waals surface area contributed by atoms with Crippen LogP contribution < -0.4 is 0 Å². The number of fused-ring (bicyclic) bond motifs is 8. The molecule has 0 bridgehead atoms. The lowest BCUT2D eigenvalue weighted by Gasteiger charge is -2.64. The molecular weight excluding hydrogens is 736 g/mol. The number of epoxide rings is 1. The Morgan fingerprint density at radius 2 is 1.55 bits per heavy atom. The third-order valence-electron chi connectivity index (χ3n) is 16.3. The highest BCUT2D eigenvalue weighted by Gasteiger charge is 2.79. The second kappa shape index (κ2) is 14.4. The highest BCUT2D eigenvalue weighted by atomic mass is 16.7. The number of carbonyl (C=O) groups excluding carboxylic acids is 1. The standard InChI is InChI=1S/C40H62O16/c1-14-9-22(53-35(49)15(14)2)16(3)26-21(42)11-20-25-19(7-8-38(20,26)5)39(6)24(43)10-18(12-40(39,50)34-33(25)55-34)52-37-31(48)29(46)32(23(13-41)54-37)56-36-30(47)28(45)27(44)17(4)51-36/h16-34,36-37,41-48,50H,7-13H2,1-6H3/t16-,17+,18-,19+,20+,21+,22+,23-,24+,25-,26+,27+,28-,29-,30-,31-,32-,33-,34-,36-,37-,38+,39+,40-/m0/s1. The first kappa shape index (κ1) is 41.4. The zero-order chi connectivity index (χ0) is 40.5. The molecule has 4 aliphatic carbocycles. The summed E-state index contributed by atoms with van der Waals surface area (Å²) in [6.07, 6.45) is -15.8. The molecule has 24 atom stereocenters. The Balaban J connectivity index is 0.964. The molecule has 0 amide bonds. The Morgan fingerprint density at radius 3 is 2.23 bits per heavy atom. The second-order valence-electron chi connectivity index (χ2n) is 19.0. The number of carbonyl (C=O) groups is 1. The average molecular weight is 799 g/mol. The van der Waals surface area contributed by atoms with Crippen molar-refractivity contribution >= 4 is 5.97 Å². The number of aliphatic hydroxyl groups excluding tert-OH is 8. The Kier molecular flexibility index (Phi) is 10.6. The molecule has 0 aromatic heterocycles. The van der Waals surface area contributed by atoms with Crippen LogP contribution in [0, 0.1) is 40.4 Å². The van der Waals surface area contributed by atoms with Crippen LogP contribution in [0.2, 0.25) is 0 Å². The summed E-state index contributed by atoms with van der Waals surface area (Å²) in [6, 6.07) is 0. The summed E-state index contributed by atoms with van der Waals surface area (Å²) >= 11 is 0. The van der Waals surface area contributed by atoms with Crippen LogP contribution in [0.1, 0.15) is 80.1 Å². The Bertz CT molecular complexity index is 1540. The van der Waals surface area contributed by atoms with Gasteiger partial charge in [-0.25, -0.2) is 4.79 Å². The molecule has 0 radical (unpaired) electrons. The minimum atomic E-state index is -1.72. The van der Waals surface area contributed by atoms with Crippen LogP contribution in [0.4, 0.5) is 0 Å². The molecule has 0 spiro atoms. The largest absolute Gasteiger partial charge is 0.458 e. The predicted octanol–water partition coefficient (Wildman–Crippen LogP) is -0.986. The van der Waals surface area contributed by atoms with Gasteiger partial charge in [-0.3, -0.25) is 0 Å². The molecule has 318 valence electrons. The van der Waals surface area contributed by atoms with Crippen LogP contribution >= 0.6 is 0 Å². The third-order valence-corrected chi connectivity index (χ3v) is 16.3. The van der Waals surface area contributed by atoms with E-state index in [1.54, 1.807) is 6.92 Å². The quantitative estimate of drug-likeness (QED) is 0.0852.